The lowest BCUT2D eigenvalue weighted by molar-refractivity contribution is 0.582. The predicted molar refractivity (Wildman–Crippen MR) is 76.9 cm³/mol. The highest BCUT2D eigenvalue weighted by molar-refractivity contribution is 5.47. The summed E-state index contributed by atoms with van der Waals surface area (Å²) in [7, 11) is 2.19. The van der Waals surface area contributed by atoms with Gasteiger partial charge in [0.05, 0.1) is 0 Å². The summed E-state index contributed by atoms with van der Waals surface area (Å²) < 4.78 is 0. The van der Waals surface area contributed by atoms with Crippen LogP contribution in [0, 0.1) is 0 Å². The van der Waals surface area contributed by atoms with Gasteiger partial charge in [0, 0.05) is 37.4 Å². The molecule has 0 amide bonds. The quantitative estimate of drug-likeness (QED) is 0.867. The molecule has 3 nitrogen and oxygen atoms in total. The molecule has 0 aromatic carbocycles. The van der Waals surface area contributed by atoms with Gasteiger partial charge in [-0.15, -0.1) is 0 Å². The Balaban J connectivity index is 2.10. The van der Waals surface area contributed by atoms with Gasteiger partial charge in [-0.1, -0.05) is 32.8 Å². The van der Waals surface area contributed by atoms with E-state index in [2.05, 4.69) is 42.2 Å². The topological polar surface area (TPSA) is 28.2 Å². The lowest BCUT2D eigenvalue weighted by Gasteiger charge is -2.27. The van der Waals surface area contributed by atoms with Crippen molar-refractivity contribution in [2.45, 2.75) is 58.2 Å². The van der Waals surface area contributed by atoms with Gasteiger partial charge in [0.2, 0.25) is 0 Å². The van der Waals surface area contributed by atoms with Crippen LogP contribution in [0.2, 0.25) is 0 Å². The van der Waals surface area contributed by atoms with E-state index in [1.165, 1.54) is 31.2 Å². The number of nitrogens with zero attached hydrogens (tertiary/aromatic N) is 2. The number of hydrogen-bond donors (Lipinski definition) is 1. The second-order valence-corrected chi connectivity index (χ2v) is 5.57. The summed E-state index contributed by atoms with van der Waals surface area (Å²) in [5, 5.41) is 3.48. The zero-order chi connectivity index (χ0) is 13.0. The van der Waals surface area contributed by atoms with Crippen molar-refractivity contribution >= 4 is 5.82 Å². The van der Waals surface area contributed by atoms with Crippen LogP contribution >= 0.6 is 0 Å². The van der Waals surface area contributed by atoms with Crippen molar-refractivity contribution < 1.29 is 0 Å². The number of aromatic nitrogens is 1. The molecule has 0 unspecified atom stereocenters. The summed E-state index contributed by atoms with van der Waals surface area (Å²) >= 11 is 0. The Morgan fingerprint density at radius 3 is 2.78 bits per heavy atom. The molecule has 1 fully saturated rings. The molecule has 3 heteroatoms. The van der Waals surface area contributed by atoms with Gasteiger partial charge in [-0.25, -0.2) is 4.98 Å². The maximum absolute atomic E-state index is 4.59. The van der Waals surface area contributed by atoms with Crippen LogP contribution in [0.4, 0.5) is 5.82 Å². The summed E-state index contributed by atoms with van der Waals surface area (Å²) in [5.74, 6) is 1.15. The Hall–Kier alpha value is -1.09. The summed E-state index contributed by atoms with van der Waals surface area (Å²) in [6, 6.07) is 5.40. The second kappa shape index (κ2) is 6.19. The van der Waals surface area contributed by atoms with E-state index in [9.17, 15) is 0 Å². The van der Waals surface area contributed by atoms with Crippen LogP contribution in [-0.4, -0.2) is 24.1 Å². The van der Waals surface area contributed by atoms with E-state index >= 15 is 0 Å². The fraction of sp³-hybridized carbons (Fsp3) is 0.667. The van der Waals surface area contributed by atoms with Crippen molar-refractivity contribution in [3.05, 3.63) is 23.9 Å². The van der Waals surface area contributed by atoms with Crippen molar-refractivity contribution in [3.63, 3.8) is 0 Å². The maximum atomic E-state index is 4.59. The van der Waals surface area contributed by atoms with Crippen LogP contribution in [0.25, 0.3) is 0 Å². The van der Waals surface area contributed by atoms with Crippen LogP contribution in [0.5, 0.6) is 0 Å². The molecule has 1 heterocycles. The highest BCUT2D eigenvalue weighted by Gasteiger charge is 2.22. The van der Waals surface area contributed by atoms with E-state index < -0.39 is 0 Å². The van der Waals surface area contributed by atoms with Gasteiger partial charge in [-0.2, -0.15) is 0 Å². The SMILES string of the molecule is CC(C)NCc1cccnc1N(C)C1CCCC1. The Morgan fingerprint density at radius 2 is 2.11 bits per heavy atom. The molecule has 0 spiro atoms. The molecular formula is C15H25N3. The molecule has 1 saturated carbocycles. The van der Waals surface area contributed by atoms with Crippen LogP contribution in [-0.2, 0) is 6.54 Å². The Kier molecular flexibility index (Phi) is 4.59. The van der Waals surface area contributed by atoms with Gasteiger partial charge in [0.15, 0.2) is 0 Å². The van der Waals surface area contributed by atoms with E-state index in [-0.39, 0.29) is 0 Å². The molecular weight excluding hydrogens is 222 g/mol. The van der Waals surface area contributed by atoms with Gasteiger partial charge in [0.25, 0.3) is 0 Å². The van der Waals surface area contributed by atoms with Gasteiger partial charge >= 0.3 is 0 Å². The zero-order valence-electron chi connectivity index (χ0n) is 11.8. The summed E-state index contributed by atoms with van der Waals surface area (Å²) in [6.45, 7) is 5.26. The molecule has 1 N–H and O–H groups in total. The number of nitrogens with one attached hydrogen (secondary N) is 1. The lowest BCUT2D eigenvalue weighted by Crippen LogP contribution is -2.31. The van der Waals surface area contributed by atoms with E-state index in [4.69, 9.17) is 0 Å². The van der Waals surface area contributed by atoms with Crippen molar-refractivity contribution in [2.24, 2.45) is 0 Å². The van der Waals surface area contributed by atoms with Crippen molar-refractivity contribution in [1.82, 2.24) is 10.3 Å². The number of hydrogen-bond acceptors (Lipinski definition) is 3. The third kappa shape index (κ3) is 3.22. The lowest BCUT2D eigenvalue weighted by atomic mass is 10.1. The van der Waals surface area contributed by atoms with E-state index in [1.807, 2.05) is 12.3 Å². The van der Waals surface area contributed by atoms with Crippen LogP contribution < -0.4 is 10.2 Å². The summed E-state index contributed by atoms with van der Waals surface area (Å²) in [5.41, 5.74) is 1.31. The minimum atomic E-state index is 0.509. The minimum absolute atomic E-state index is 0.509. The van der Waals surface area contributed by atoms with E-state index in [0.29, 0.717) is 12.1 Å². The zero-order valence-corrected chi connectivity index (χ0v) is 11.8. The predicted octanol–water partition coefficient (Wildman–Crippen LogP) is 2.96. The normalized spacial score (nSPS) is 16.4. The molecule has 2 rings (SSSR count). The maximum Gasteiger partial charge on any atom is 0.132 e. The molecule has 0 bridgehead atoms. The molecule has 18 heavy (non-hydrogen) atoms. The minimum Gasteiger partial charge on any atom is -0.356 e. The third-order valence-electron chi connectivity index (χ3n) is 3.77. The first-order chi connectivity index (χ1) is 8.68. The van der Waals surface area contributed by atoms with Crippen molar-refractivity contribution in [2.75, 3.05) is 11.9 Å². The number of anilines is 1. The fourth-order valence-corrected chi connectivity index (χ4v) is 2.66. The number of rotatable bonds is 5. The summed E-state index contributed by atoms with van der Waals surface area (Å²) in [4.78, 5) is 6.97. The Bertz CT molecular complexity index is 370. The van der Waals surface area contributed by atoms with E-state index in [0.717, 1.165) is 12.4 Å². The third-order valence-corrected chi connectivity index (χ3v) is 3.77. The first-order valence-electron chi connectivity index (χ1n) is 7.08. The molecule has 0 saturated heterocycles. The molecule has 0 radical (unpaired) electrons. The molecule has 1 aromatic rings. The molecule has 0 atom stereocenters. The van der Waals surface area contributed by atoms with Gasteiger partial charge in [-0.05, 0) is 18.9 Å². The van der Waals surface area contributed by atoms with Gasteiger partial charge in [0.1, 0.15) is 5.82 Å². The highest BCUT2D eigenvalue weighted by Crippen LogP contribution is 2.27. The van der Waals surface area contributed by atoms with Crippen molar-refractivity contribution in [1.29, 1.82) is 0 Å². The Morgan fingerprint density at radius 1 is 1.39 bits per heavy atom. The fourth-order valence-electron chi connectivity index (χ4n) is 2.66. The van der Waals surface area contributed by atoms with Crippen LogP contribution in [0.15, 0.2) is 18.3 Å². The summed E-state index contributed by atoms with van der Waals surface area (Å²) in [6.07, 6.45) is 7.25. The van der Waals surface area contributed by atoms with E-state index in [1.54, 1.807) is 0 Å². The molecule has 1 aliphatic rings. The second-order valence-electron chi connectivity index (χ2n) is 5.57. The van der Waals surface area contributed by atoms with Crippen LogP contribution in [0.3, 0.4) is 0 Å². The number of pyridine rings is 1. The largest absolute Gasteiger partial charge is 0.356 e. The van der Waals surface area contributed by atoms with Crippen molar-refractivity contribution in [3.8, 4) is 0 Å². The smallest absolute Gasteiger partial charge is 0.132 e. The van der Waals surface area contributed by atoms with Gasteiger partial charge < -0.3 is 10.2 Å². The molecule has 100 valence electrons. The van der Waals surface area contributed by atoms with Crippen LogP contribution in [0.1, 0.15) is 45.1 Å². The first kappa shape index (κ1) is 13.3. The van der Waals surface area contributed by atoms with Gasteiger partial charge in [-0.3, -0.25) is 0 Å². The monoisotopic (exact) mass is 247 g/mol. The highest BCUT2D eigenvalue weighted by atomic mass is 15.2. The molecule has 1 aliphatic carbocycles. The molecule has 1 aromatic heterocycles. The first-order valence-corrected chi connectivity index (χ1v) is 7.08. The average Bonchev–Trinajstić information content (AvgIpc) is 2.89. The average molecular weight is 247 g/mol. The Labute approximate surface area is 111 Å². The molecule has 0 aliphatic heterocycles. The standard InChI is InChI=1S/C15H25N3/c1-12(2)17-11-13-7-6-10-16-15(13)18(3)14-8-4-5-9-14/h6-7,10,12,14,17H,4-5,8-9,11H2,1-3H3.